The monoisotopic (exact) mass is 127 g/mol. The fourth-order valence-corrected chi connectivity index (χ4v) is 1.34. The smallest absolute Gasteiger partial charge is 0.220 e. The van der Waals surface area contributed by atoms with Crippen molar-refractivity contribution in [3.05, 3.63) is 0 Å². The summed E-state index contributed by atoms with van der Waals surface area (Å²) in [4.78, 5) is 10.7. The number of rotatable bonds is 1. The van der Waals surface area contributed by atoms with Crippen LogP contribution in [0.2, 0.25) is 0 Å². The van der Waals surface area contributed by atoms with Crippen LogP contribution in [0.3, 0.4) is 0 Å². The maximum atomic E-state index is 10.7. The minimum atomic E-state index is 0.217. The van der Waals surface area contributed by atoms with Gasteiger partial charge in [0.15, 0.2) is 0 Å². The fourth-order valence-electron chi connectivity index (χ4n) is 1.34. The summed E-state index contributed by atoms with van der Waals surface area (Å²) < 4.78 is 0. The van der Waals surface area contributed by atoms with E-state index in [1.54, 1.807) is 0 Å². The lowest BCUT2D eigenvalue weighted by molar-refractivity contribution is -0.119. The van der Waals surface area contributed by atoms with Gasteiger partial charge in [-0.05, 0) is 12.8 Å². The van der Waals surface area contributed by atoms with Crippen LogP contribution in [0.4, 0.5) is 0 Å². The maximum Gasteiger partial charge on any atom is 0.220 e. The van der Waals surface area contributed by atoms with Gasteiger partial charge in [0.1, 0.15) is 0 Å². The molecule has 0 unspecified atom stereocenters. The highest BCUT2D eigenvalue weighted by Crippen LogP contribution is 2.18. The van der Waals surface area contributed by atoms with Gasteiger partial charge in [0.2, 0.25) is 5.91 Å². The van der Waals surface area contributed by atoms with E-state index in [2.05, 4.69) is 19.2 Å². The van der Waals surface area contributed by atoms with Crippen LogP contribution in [0.15, 0.2) is 0 Å². The van der Waals surface area contributed by atoms with Gasteiger partial charge >= 0.3 is 0 Å². The van der Waals surface area contributed by atoms with Crippen LogP contribution >= 0.6 is 0 Å². The first kappa shape index (κ1) is 6.59. The molecule has 1 aliphatic heterocycles. The van der Waals surface area contributed by atoms with E-state index in [9.17, 15) is 4.79 Å². The molecule has 0 saturated carbocycles. The second-order valence-corrected chi connectivity index (χ2v) is 2.73. The molecule has 0 radical (unpaired) electrons. The standard InChI is InChI=1S/C7H13NO/c1-3-6-4-7(9)8-5(6)2/h5-6H,3-4H2,1-2H3,(H,8,9)/t5-,6-/m0/s1. The Morgan fingerprint density at radius 2 is 2.44 bits per heavy atom. The molecule has 0 spiro atoms. The summed E-state index contributed by atoms with van der Waals surface area (Å²) in [5, 5.41) is 2.88. The van der Waals surface area contributed by atoms with Crippen LogP contribution in [0, 0.1) is 5.92 Å². The van der Waals surface area contributed by atoms with Crippen LogP contribution in [-0.2, 0) is 4.79 Å². The van der Waals surface area contributed by atoms with Gasteiger partial charge in [0, 0.05) is 12.5 Å². The van der Waals surface area contributed by atoms with Crippen molar-refractivity contribution >= 4 is 5.91 Å². The Kier molecular flexibility index (Phi) is 1.74. The number of hydrogen-bond acceptors (Lipinski definition) is 1. The molecule has 1 rings (SSSR count). The zero-order chi connectivity index (χ0) is 6.85. The molecule has 0 bridgehead atoms. The van der Waals surface area contributed by atoms with Crippen molar-refractivity contribution in [3.8, 4) is 0 Å². The molecule has 1 N–H and O–H groups in total. The molecule has 1 amide bonds. The average Bonchev–Trinajstić information content (AvgIpc) is 2.10. The Morgan fingerprint density at radius 3 is 2.67 bits per heavy atom. The van der Waals surface area contributed by atoms with E-state index in [1.807, 2.05) is 0 Å². The Bertz CT molecular complexity index is 122. The number of carbonyl (C=O) groups excluding carboxylic acids is 1. The van der Waals surface area contributed by atoms with Crippen molar-refractivity contribution in [2.24, 2.45) is 5.92 Å². The highest BCUT2D eigenvalue weighted by atomic mass is 16.1. The molecule has 1 heterocycles. The molecule has 9 heavy (non-hydrogen) atoms. The summed E-state index contributed by atoms with van der Waals surface area (Å²) in [6, 6.07) is 0.405. The van der Waals surface area contributed by atoms with Gasteiger partial charge in [-0.25, -0.2) is 0 Å². The van der Waals surface area contributed by atoms with Crippen molar-refractivity contribution in [3.63, 3.8) is 0 Å². The zero-order valence-corrected chi connectivity index (χ0v) is 5.98. The average molecular weight is 127 g/mol. The molecule has 0 aromatic carbocycles. The van der Waals surface area contributed by atoms with E-state index < -0.39 is 0 Å². The second kappa shape index (κ2) is 2.38. The molecular weight excluding hydrogens is 114 g/mol. The first-order chi connectivity index (χ1) is 4.24. The SMILES string of the molecule is CC[C@H]1CC(=O)N[C@H]1C. The molecule has 1 aliphatic rings. The molecule has 1 fully saturated rings. The summed E-state index contributed by atoms with van der Waals surface area (Å²) in [7, 11) is 0. The fraction of sp³-hybridized carbons (Fsp3) is 0.857. The van der Waals surface area contributed by atoms with Gasteiger partial charge in [-0.1, -0.05) is 13.3 Å². The molecule has 2 heteroatoms. The Morgan fingerprint density at radius 1 is 1.78 bits per heavy atom. The van der Waals surface area contributed by atoms with Gasteiger partial charge in [0.05, 0.1) is 0 Å². The molecule has 1 saturated heterocycles. The third-order valence-corrected chi connectivity index (χ3v) is 2.07. The number of nitrogens with one attached hydrogen (secondary N) is 1. The molecule has 0 aromatic rings. The maximum absolute atomic E-state index is 10.7. The van der Waals surface area contributed by atoms with Crippen LogP contribution in [0.5, 0.6) is 0 Å². The van der Waals surface area contributed by atoms with Gasteiger partial charge in [-0.15, -0.1) is 0 Å². The van der Waals surface area contributed by atoms with E-state index in [0.717, 1.165) is 12.8 Å². The number of hydrogen-bond donors (Lipinski definition) is 1. The Hall–Kier alpha value is -0.530. The quantitative estimate of drug-likeness (QED) is 0.557. The summed E-state index contributed by atoms with van der Waals surface area (Å²) in [5.41, 5.74) is 0. The van der Waals surface area contributed by atoms with Crippen molar-refractivity contribution in [1.82, 2.24) is 5.32 Å². The predicted molar refractivity (Wildman–Crippen MR) is 36.0 cm³/mol. The molecule has 2 nitrogen and oxygen atoms in total. The summed E-state index contributed by atoms with van der Waals surface area (Å²) >= 11 is 0. The van der Waals surface area contributed by atoms with E-state index in [0.29, 0.717) is 12.0 Å². The van der Waals surface area contributed by atoms with Crippen molar-refractivity contribution in [2.75, 3.05) is 0 Å². The Labute approximate surface area is 55.6 Å². The Balaban J connectivity index is 2.47. The summed E-state index contributed by atoms with van der Waals surface area (Å²) in [5.74, 6) is 0.798. The van der Waals surface area contributed by atoms with E-state index in [-0.39, 0.29) is 5.91 Å². The van der Waals surface area contributed by atoms with Crippen LogP contribution in [-0.4, -0.2) is 11.9 Å². The third-order valence-electron chi connectivity index (χ3n) is 2.07. The van der Waals surface area contributed by atoms with Gasteiger partial charge in [0.25, 0.3) is 0 Å². The van der Waals surface area contributed by atoms with E-state index >= 15 is 0 Å². The number of amides is 1. The second-order valence-electron chi connectivity index (χ2n) is 2.73. The van der Waals surface area contributed by atoms with Gasteiger partial charge in [-0.2, -0.15) is 0 Å². The van der Waals surface area contributed by atoms with Crippen LogP contribution < -0.4 is 5.32 Å². The lowest BCUT2D eigenvalue weighted by atomic mass is 9.99. The van der Waals surface area contributed by atoms with Crippen molar-refractivity contribution < 1.29 is 4.79 Å². The van der Waals surface area contributed by atoms with E-state index in [1.165, 1.54) is 0 Å². The molecule has 2 atom stereocenters. The van der Waals surface area contributed by atoms with Crippen molar-refractivity contribution in [2.45, 2.75) is 32.7 Å². The highest BCUT2D eigenvalue weighted by Gasteiger charge is 2.26. The molecule has 0 aliphatic carbocycles. The van der Waals surface area contributed by atoms with E-state index in [4.69, 9.17) is 0 Å². The summed E-state index contributed by atoms with van der Waals surface area (Å²) in [6.07, 6.45) is 1.84. The molecule has 0 aromatic heterocycles. The highest BCUT2D eigenvalue weighted by molar-refractivity contribution is 5.78. The largest absolute Gasteiger partial charge is 0.353 e. The first-order valence-electron chi connectivity index (χ1n) is 3.53. The number of carbonyl (C=O) groups is 1. The molecular formula is C7H13NO. The lowest BCUT2D eigenvalue weighted by Crippen LogP contribution is -2.24. The van der Waals surface area contributed by atoms with Gasteiger partial charge < -0.3 is 5.32 Å². The van der Waals surface area contributed by atoms with Crippen LogP contribution in [0.1, 0.15) is 26.7 Å². The zero-order valence-electron chi connectivity index (χ0n) is 5.98. The van der Waals surface area contributed by atoms with Crippen LogP contribution in [0.25, 0.3) is 0 Å². The first-order valence-corrected chi connectivity index (χ1v) is 3.53. The van der Waals surface area contributed by atoms with Gasteiger partial charge in [-0.3, -0.25) is 4.79 Å². The minimum absolute atomic E-state index is 0.217. The predicted octanol–water partition coefficient (Wildman–Crippen LogP) is 0.921. The minimum Gasteiger partial charge on any atom is -0.353 e. The van der Waals surface area contributed by atoms with Crippen molar-refractivity contribution in [1.29, 1.82) is 0 Å². The molecule has 52 valence electrons. The third kappa shape index (κ3) is 1.23. The topological polar surface area (TPSA) is 29.1 Å². The normalized spacial score (nSPS) is 34.7. The summed E-state index contributed by atoms with van der Waals surface area (Å²) in [6.45, 7) is 4.19. The lowest BCUT2D eigenvalue weighted by Gasteiger charge is -2.09.